The molecule has 0 N–H and O–H groups in total. The van der Waals surface area contributed by atoms with E-state index in [1.54, 1.807) is 30.2 Å². The van der Waals surface area contributed by atoms with Crippen molar-refractivity contribution in [2.45, 2.75) is 13.5 Å². The van der Waals surface area contributed by atoms with Gasteiger partial charge in [0.1, 0.15) is 17.5 Å². The lowest BCUT2D eigenvalue weighted by molar-refractivity contribution is 0.304. The van der Waals surface area contributed by atoms with Crippen LogP contribution in [-0.2, 0) is 13.7 Å². The van der Waals surface area contributed by atoms with Gasteiger partial charge in [-0.15, -0.1) is 0 Å². The molecule has 2 aromatic rings. The Morgan fingerprint density at radius 3 is 2.71 bits per heavy atom. The molecule has 0 unspecified atom stereocenters. The second kappa shape index (κ2) is 4.94. The average molecular weight is 272 g/mol. The lowest BCUT2D eigenvalue weighted by atomic mass is 10.3. The molecule has 0 bridgehead atoms. The number of aryl methyl sites for hydroxylation is 2. The monoisotopic (exact) mass is 271 g/mol. The summed E-state index contributed by atoms with van der Waals surface area (Å²) in [5, 5.41) is 5.32. The number of aromatic nitrogens is 3. The summed E-state index contributed by atoms with van der Waals surface area (Å²) in [4.78, 5) is 3.94. The van der Waals surface area contributed by atoms with Gasteiger partial charge in [-0.1, -0.05) is 23.2 Å². The van der Waals surface area contributed by atoms with E-state index in [0.29, 0.717) is 22.5 Å². The Morgan fingerprint density at radius 2 is 2.12 bits per heavy atom. The van der Waals surface area contributed by atoms with E-state index in [0.717, 1.165) is 11.3 Å². The fraction of sp³-hybridized carbons (Fsp3) is 0.273. The van der Waals surface area contributed by atoms with E-state index in [1.165, 1.54) is 0 Å². The molecule has 0 atom stereocenters. The molecule has 0 saturated carbocycles. The van der Waals surface area contributed by atoms with Gasteiger partial charge in [0, 0.05) is 24.9 Å². The minimum absolute atomic E-state index is 0.348. The van der Waals surface area contributed by atoms with Gasteiger partial charge in [-0.3, -0.25) is 9.67 Å². The van der Waals surface area contributed by atoms with Crippen molar-refractivity contribution in [3.8, 4) is 5.75 Å². The zero-order valence-electron chi connectivity index (χ0n) is 9.44. The molecule has 0 aliphatic heterocycles. The zero-order chi connectivity index (χ0) is 12.4. The summed E-state index contributed by atoms with van der Waals surface area (Å²) in [6.45, 7) is 2.24. The standard InChI is InChI=1S/C11H11Cl2N3O/c1-7-10(11(13)16(2)15-7)6-17-9-3-8(12)4-14-5-9/h3-5H,6H2,1-2H3. The molecule has 6 heteroatoms. The third-order valence-corrected chi connectivity index (χ3v) is 3.01. The zero-order valence-corrected chi connectivity index (χ0v) is 11.0. The van der Waals surface area contributed by atoms with Crippen molar-refractivity contribution in [2.24, 2.45) is 7.05 Å². The van der Waals surface area contributed by atoms with E-state index in [-0.39, 0.29) is 0 Å². The fourth-order valence-electron chi connectivity index (χ4n) is 1.46. The lowest BCUT2D eigenvalue weighted by Gasteiger charge is -2.05. The van der Waals surface area contributed by atoms with Gasteiger partial charge in [-0.2, -0.15) is 5.10 Å². The van der Waals surface area contributed by atoms with E-state index in [1.807, 2.05) is 6.92 Å². The summed E-state index contributed by atoms with van der Waals surface area (Å²) in [5.74, 6) is 0.608. The molecular weight excluding hydrogens is 261 g/mol. The van der Waals surface area contributed by atoms with E-state index >= 15 is 0 Å². The molecule has 17 heavy (non-hydrogen) atoms. The van der Waals surface area contributed by atoms with Gasteiger partial charge >= 0.3 is 0 Å². The van der Waals surface area contributed by atoms with Crippen molar-refractivity contribution in [3.05, 3.63) is 39.9 Å². The van der Waals surface area contributed by atoms with Crippen LogP contribution < -0.4 is 4.74 Å². The molecule has 0 spiro atoms. The number of pyridine rings is 1. The van der Waals surface area contributed by atoms with Crippen molar-refractivity contribution in [3.63, 3.8) is 0 Å². The van der Waals surface area contributed by atoms with Crippen LogP contribution in [0.25, 0.3) is 0 Å². The predicted molar refractivity (Wildman–Crippen MR) is 66.5 cm³/mol. The van der Waals surface area contributed by atoms with Gasteiger partial charge in [0.15, 0.2) is 0 Å². The summed E-state index contributed by atoms with van der Waals surface area (Å²) in [6, 6.07) is 1.70. The maximum absolute atomic E-state index is 6.09. The summed E-state index contributed by atoms with van der Waals surface area (Å²) >= 11 is 11.9. The normalized spacial score (nSPS) is 10.6. The summed E-state index contributed by atoms with van der Waals surface area (Å²) in [5.41, 5.74) is 1.72. The molecule has 0 radical (unpaired) electrons. The van der Waals surface area contributed by atoms with Gasteiger partial charge in [-0.25, -0.2) is 0 Å². The van der Waals surface area contributed by atoms with Crippen LogP contribution >= 0.6 is 23.2 Å². The number of rotatable bonds is 3. The van der Waals surface area contributed by atoms with Crippen LogP contribution in [0.2, 0.25) is 10.2 Å². The smallest absolute Gasteiger partial charge is 0.139 e. The largest absolute Gasteiger partial charge is 0.487 e. The first-order chi connectivity index (χ1) is 8.08. The Balaban J connectivity index is 2.12. The number of ether oxygens (including phenoxy) is 1. The highest BCUT2D eigenvalue weighted by atomic mass is 35.5. The highest BCUT2D eigenvalue weighted by Crippen LogP contribution is 2.22. The fourth-order valence-corrected chi connectivity index (χ4v) is 1.86. The Labute approximate surface area is 109 Å². The first-order valence-corrected chi connectivity index (χ1v) is 5.75. The van der Waals surface area contributed by atoms with Crippen molar-refractivity contribution in [2.75, 3.05) is 0 Å². The third kappa shape index (κ3) is 2.70. The Bertz CT molecular complexity index is 540. The first kappa shape index (κ1) is 12.2. The van der Waals surface area contributed by atoms with Gasteiger partial charge in [0.2, 0.25) is 0 Å². The van der Waals surface area contributed by atoms with Crippen LogP contribution in [0.3, 0.4) is 0 Å². The molecule has 0 aliphatic rings. The molecule has 90 valence electrons. The lowest BCUT2D eigenvalue weighted by Crippen LogP contribution is -1.97. The van der Waals surface area contributed by atoms with E-state index < -0.39 is 0 Å². The SMILES string of the molecule is Cc1nn(C)c(Cl)c1COc1cncc(Cl)c1. The van der Waals surface area contributed by atoms with Gasteiger partial charge in [0.25, 0.3) is 0 Å². The average Bonchev–Trinajstić information content (AvgIpc) is 2.51. The molecule has 2 rings (SSSR count). The number of hydrogen-bond acceptors (Lipinski definition) is 3. The molecule has 0 aromatic carbocycles. The van der Waals surface area contributed by atoms with Crippen molar-refractivity contribution in [1.29, 1.82) is 0 Å². The van der Waals surface area contributed by atoms with Crippen molar-refractivity contribution in [1.82, 2.24) is 14.8 Å². The maximum atomic E-state index is 6.09. The van der Waals surface area contributed by atoms with Gasteiger partial charge < -0.3 is 4.74 Å². The Kier molecular flexibility index (Phi) is 3.54. The van der Waals surface area contributed by atoms with Gasteiger partial charge in [-0.05, 0) is 6.92 Å². The topological polar surface area (TPSA) is 39.9 Å². The minimum atomic E-state index is 0.348. The van der Waals surface area contributed by atoms with Crippen LogP contribution in [0.5, 0.6) is 5.75 Å². The molecule has 0 aliphatic carbocycles. The van der Waals surface area contributed by atoms with E-state index in [4.69, 9.17) is 27.9 Å². The van der Waals surface area contributed by atoms with Crippen LogP contribution in [-0.4, -0.2) is 14.8 Å². The van der Waals surface area contributed by atoms with Crippen molar-refractivity contribution >= 4 is 23.2 Å². The third-order valence-electron chi connectivity index (χ3n) is 2.33. The summed E-state index contributed by atoms with van der Waals surface area (Å²) in [7, 11) is 1.79. The molecule has 0 fully saturated rings. The minimum Gasteiger partial charge on any atom is -0.487 e. The second-order valence-electron chi connectivity index (χ2n) is 3.61. The molecule has 2 aromatic heterocycles. The number of hydrogen-bond donors (Lipinski definition) is 0. The summed E-state index contributed by atoms with van der Waals surface area (Å²) in [6.07, 6.45) is 3.15. The predicted octanol–water partition coefficient (Wildman–Crippen LogP) is 3.01. The Hall–Kier alpha value is -1.26. The van der Waals surface area contributed by atoms with Crippen LogP contribution in [0.15, 0.2) is 18.5 Å². The molecule has 0 saturated heterocycles. The first-order valence-electron chi connectivity index (χ1n) is 4.99. The van der Waals surface area contributed by atoms with Crippen LogP contribution in [0.1, 0.15) is 11.3 Å². The molecular formula is C11H11Cl2N3O. The molecule has 2 heterocycles. The highest BCUT2D eigenvalue weighted by molar-refractivity contribution is 6.30. The van der Waals surface area contributed by atoms with Crippen molar-refractivity contribution < 1.29 is 4.74 Å². The molecule has 0 amide bonds. The maximum Gasteiger partial charge on any atom is 0.139 e. The van der Waals surface area contributed by atoms with Crippen LogP contribution in [0.4, 0.5) is 0 Å². The molecule has 4 nitrogen and oxygen atoms in total. The highest BCUT2D eigenvalue weighted by Gasteiger charge is 2.11. The second-order valence-corrected chi connectivity index (χ2v) is 4.40. The number of nitrogens with zero attached hydrogens (tertiary/aromatic N) is 3. The van der Waals surface area contributed by atoms with Gasteiger partial charge in [0.05, 0.1) is 16.9 Å². The number of halogens is 2. The van der Waals surface area contributed by atoms with Crippen LogP contribution in [0, 0.1) is 6.92 Å². The van der Waals surface area contributed by atoms with E-state index in [9.17, 15) is 0 Å². The quantitative estimate of drug-likeness (QED) is 0.862. The Morgan fingerprint density at radius 1 is 1.35 bits per heavy atom. The van der Waals surface area contributed by atoms with E-state index in [2.05, 4.69) is 10.1 Å². The summed E-state index contributed by atoms with van der Waals surface area (Å²) < 4.78 is 7.18.